The van der Waals surface area contributed by atoms with Crippen LogP contribution in [0.25, 0.3) is 0 Å². The van der Waals surface area contributed by atoms with Gasteiger partial charge in [0, 0.05) is 19.8 Å². The van der Waals surface area contributed by atoms with Gasteiger partial charge in [0.2, 0.25) is 0 Å². The highest BCUT2D eigenvalue weighted by Gasteiger charge is 2.17. The van der Waals surface area contributed by atoms with Gasteiger partial charge in [-0.2, -0.15) is 0 Å². The van der Waals surface area contributed by atoms with Crippen molar-refractivity contribution in [1.82, 2.24) is 5.32 Å². The predicted octanol–water partition coefficient (Wildman–Crippen LogP) is 0.892. The van der Waals surface area contributed by atoms with Crippen LogP contribution in [0.2, 0.25) is 0 Å². The van der Waals surface area contributed by atoms with E-state index < -0.39 is 11.7 Å². The quantitative estimate of drug-likeness (QED) is 0.636. The average molecular weight is 233 g/mol. The fraction of sp³-hybridized carbons (Fsp3) is 0.909. The van der Waals surface area contributed by atoms with Crippen molar-refractivity contribution in [2.75, 3.05) is 19.8 Å². The Morgan fingerprint density at radius 3 is 2.44 bits per heavy atom. The lowest BCUT2D eigenvalue weighted by molar-refractivity contribution is 0.0510. The van der Waals surface area contributed by atoms with Gasteiger partial charge in [0.15, 0.2) is 0 Å². The number of hydrogen-bond acceptors (Lipinski definition) is 4. The Bertz CT molecular complexity index is 201. The highest BCUT2D eigenvalue weighted by molar-refractivity contribution is 5.67. The van der Waals surface area contributed by atoms with E-state index in [9.17, 15) is 4.79 Å². The lowest BCUT2D eigenvalue weighted by Gasteiger charge is -2.21. The highest BCUT2D eigenvalue weighted by atomic mass is 16.6. The van der Waals surface area contributed by atoms with E-state index in [0.717, 1.165) is 0 Å². The van der Waals surface area contributed by atoms with Gasteiger partial charge >= 0.3 is 6.09 Å². The van der Waals surface area contributed by atoms with Crippen LogP contribution >= 0.6 is 0 Å². The zero-order valence-corrected chi connectivity index (χ0v) is 10.3. The molecule has 0 aromatic carbocycles. The van der Waals surface area contributed by atoms with Crippen molar-refractivity contribution in [2.24, 2.45) is 5.92 Å². The lowest BCUT2D eigenvalue weighted by Crippen LogP contribution is -2.36. The number of amides is 1. The Kier molecular flexibility index (Phi) is 7.08. The molecule has 0 aliphatic carbocycles. The van der Waals surface area contributed by atoms with Gasteiger partial charge in [-0.15, -0.1) is 0 Å². The molecule has 0 spiro atoms. The standard InChI is InChI=1S/C11H23NO4/c1-11(2,3)16-10(15)12-7-9(8-14)5-4-6-13/h9,13-14H,4-8H2,1-3H3,(H,12,15). The van der Waals surface area contributed by atoms with Gasteiger partial charge < -0.3 is 20.3 Å². The number of rotatable bonds is 6. The van der Waals surface area contributed by atoms with Crippen molar-refractivity contribution in [2.45, 2.75) is 39.2 Å². The van der Waals surface area contributed by atoms with Gasteiger partial charge in [0.05, 0.1) is 0 Å². The SMILES string of the molecule is CC(C)(C)OC(=O)NCC(CO)CCCO. The molecule has 0 fully saturated rings. The molecule has 0 aromatic rings. The minimum atomic E-state index is -0.510. The average Bonchev–Trinajstić information content (AvgIpc) is 2.15. The van der Waals surface area contributed by atoms with Gasteiger partial charge in [0.25, 0.3) is 0 Å². The Labute approximate surface area is 96.8 Å². The van der Waals surface area contributed by atoms with E-state index in [-0.39, 0.29) is 19.1 Å². The summed E-state index contributed by atoms with van der Waals surface area (Å²) in [4.78, 5) is 11.3. The number of carbonyl (C=O) groups is 1. The molecule has 5 heteroatoms. The van der Waals surface area contributed by atoms with E-state index in [1.165, 1.54) is 0 Å². The molecule has 0 saturated heterocycles. The summed E-state index contributed by atoms with van der Waals surface area (Å²) in [5.41, 5.74) is -0.510. The summed E-state index contributed by atoms with van der Waals surface area (Å²) in [6.45, 7) is 5.84. The third-order valence-electron chi connectivity index (χ3n) is 1.96. The van der Waals surface area contributed by atoms with Crippen molar-refractivity contribution < 1.29 is 19.7 Å². The van der Waals surface area contributed by atoms with Crippen molar-refractivity contribution >= 4 is 6.09 Å². The number of aliphatic hydroxyl groups is 2. The van der Waals surface area contributed by atoms with Crippen molar-refractivity contribution in [1.29, 1.82) is 0 Å². The number of ether oxygens (including phenoxy) is 1. The summed E-state index contributed by atoms with van der Waals surface area (Å²) < 4.78 is 5.06. The zero-order chi connectivity index (χ0) is 12.6. The molecule has 5 nitrogen and oxygen atoms in total. The van der Waals surface area contributed by atoms with E-state index in [1.807, 2.05) is 0 Å². The molecule has 1 amide bonds. The van der Waals surface area contributed by atoms with Crippen LogP contribution in [-0.4, -0.2) is 41.7 Å². The maximum atomic E-state index is 11.3. The first kappa shape index (κ1) is 15.2. The van der Waals surface area contributed by atoms with E-state index in [4.69, 9.17) is 14.9 Å². The first-order valence-corrected chi connectivity index (χ1v) is 5.57. The molecule has 0 aliphatic rings. The Balaban J connectivity index is 3.79. The smallest absolute Gasteiger partial charge is 0.407 e. The summed E-state index contributed by atoms with van der Waals surface area (Å²) in [7, 11) is 0. The molecule has 0 heterocycles. The fourth-order valence-electron chi connectivity index (χ4n) is 1.18. The van der Waals surface area contributed by atoms with Crippen LogP contribution in [0.1, 0.15) is 33.6 Å². The molecule has 0 saturated carbocycles. The van der Waals surface area contributed by atoms with Crippen LogP contribution in [0.3, 0.4) is 0 Å². The summed E-state index contributed by atoms with van der Waals surface area (Å²) in [5.74, 6) is -0.0281. The third kappa shape index (κ3) is 8.49. The highest BCUT2D eigenvalue weighted by Crippen LogP contribution is 2.08. The Hall–Kier alpha value is -0.810. The topological polar surface area (TPSA) is 78.8 Å². The fourth-order valence-corrected chi connectivity index (χ4v) is 1.18. The van der Waals surface area contributed by atoms with Crippen LogP contribution in [0.4, 0.5) is 4.79 Å². The van der Waals surface area contributed by atoms with Gasteiger partial charge in [-0.05, 0) is 39.5 Å². The number of nitrogens with one attached hydrogen (secondary N) is 1. The number of alkyl carbamates (subject to hydrolysis) is 1. The summed E-state index contributed by atoms with van der Waals surface area (Å²) in [6, 6.07) is 0. The molecule has 0 rings (SSSR count). The van der Waals surface area contributed by atoms with E-state index in [2.05, 4.69) is 5.32 Å². The maximum Gasteiger partial charge on any atom is 0.407 e. The molecule has 0 aromatic heterocycles. The second-order valence-electron chi connectivity index (χ2n) is 4.80. The summed E-state index contributed by atoms with van der Waals surface area (Å²) in [6.07, 6.45) is 0.833. The minimum Gasteiger partial charge on any atom is -0.444 e. The summed E-state index contributed by atoms with van der Waals surface area (Å²) >= 11 is 0. The monoisotopic (exact) mass is 233 g/mol. The number of carbonyl (C=O) groups excluding carboxylic acids is 1. The van der Waals surface area contributed by atoms with Crippen molar-refractivity contribution in [3.63, 3.8) is 0 Å². The van der Waals surface area contributed by atoms with Crippen LogP contribution < -0.4 is 5.32 Å². The summed E-state index contributed by atoms with van der Waals surface area (Å²) in [5, 5.41) is 20.3. The second-order valence-corrected chi connectivity index (χ2v) is 4.80. The first-order chi connectivity index (χ1) is 7.39. The molecule has 0 bridgehead atoms. The van der Waals surface area contributed by atoms with E-state index >= 15 is 0 Å². The van der Waals surface area contributed by atoms with Crippen LogP contribution in [-0.2, 0) is 4.74 Å². The zero-order valence-electron chi connectivity index (χ0n) is 10.3. The Morgan fingerprint density at radius 2 is 2.00 bits per heavy atom. The second kappa shape index (κ2) is 7.46. The minimum absolute atomic E-state index is 0.00417. The molecule has 0 aliphatic heterocycles. The van der Waals surface area contributed by atoms with Gasteiger partial charge in [0.1, 0.15) is 5.60 Å². The molecule has 3 N–H and O–H groups in total. The normalized spacial score (nSPS) is 13.3. The maximum absolute atomic E-state index is 11.3. The Morgan fingerprint density at radius 1 is 1.38 bits per heavy atom. The molecular weight excluding hydrogens is 210 g/mol. The van der Waals surface area contributed by atoms with Crippen LogP contribution in [0.5, 0.6) is 0 Å². The molecule has 0 radical (unpaired) electrons. The molecule has 96 valence electrons. The van der Waals surface area contributed by atoms with Crippen molar-refractivity contribution in [3.8, 4) is 0 Å². The van der Waals surface area contributed by atoms with Crippen LogP contribution in [0.15, 0.2) is 0 Å². The van der Waals surface area contributed by atoms with E-state index in [1.54, 1.807) is 20.8 Å². The molecule has 16 heavy (non-hydrogen) atoms. The number of aliphatic hydroxyl groups excluding tert-OH is 2. The molecule has 1 atom stereocenters. The largest absolute Gasteiger partial charge is 0.444 e. The lowest BCUT2D eigenvalue weighted by atomic mass is 10.1. The van der Waals surface area contributed by atoms with Gasteiger partial charge in [-0.25, -0.2) is 4.79 Å². The first-order valence-electron chi connectivity index (χ1n) is 5.57. The molecular formula is C11H23NO4. The van der Waals surface area contributed by atoms with Gasteiger partial charge in [-0.1, -0.05) is 0 Å². The number of hydrogen-bond donors (Lipinski definition) is 3. The third-order valence-corrected chi connectivity index (χ3v) is 1.96. The van der Waals surface area contributed by atoms with Crippen LogP contribution in [0, 0.1) is 5.92 Å². The van der Waals surface area contributed by atoms with E-state index in [0.29, 0.717) is 19.4 Å². The molecule has 1 unspecified atom stereocenters. The predicted molar refractivity (Wildman–Crippen MR) is 61.1 cm³/mol. The van der Waals surface area contributed by atoms with Gasteiger partial charge in [-0.3, -0.25) is 0 Å². The van der Waals surface area contributed by atoms with Crippen molar-refractivity contribution in [3.05, 3.63) is 0 Å².